The number of nitrogens with zero attached hydrogens (tertiary/aromatic N) is 2. The summed E-state index contributed by atoms with van der Waals surface area (Å²) < 4.78 is 21.7. The van der Waals surface area contributed by atoms with Gasteiger partial charge in [-0.2, -0.15) is 0 Å². The van der Waals surface area contributed by atoms with E-state index in [0.29, 0.717) is 42.0 Å². The van der Waals surface area contributed by atoms with Gasteiger partial charge in [-0.3, -0.25) is 9.69 Å². The third-order valence-electron chi connectivity index (χ3n) is 5.81. The molecule has 1 aliphatic heterocycles. The van der Waals surface area contributed by atoms with Crippen LogP contribution in [0.5, 0.6) is 17.2 Å². The number of rotatable bonds is 9. The van der Waals surface area contributed by atoms with Crippen molar-refractivity contribution < 1.29 is 23.7 Å². The fourth-order valence-corrected chi connectivity index (χ4v) is 4.83. The quantitative estimate of drug-likeness (QED) is 0.498. The van der Waals surface area contributed by atoms with Gasteiger partial charge >= 0.3 is 0 Å². The van der Waals surface area contributed by atoms with Crippen LogP contribution in [0.2, 0.25) is 0 Å². The molecular formula is C25H29N3O5S. The predicted molar refractivity (Wildman–Crippen MR) is 131 cm³/mol. The van der Waals surface area contributed by atoms with Crippen LogP contribution in [0.3, 0.4) is 0 Å². The van der Waals surface area contributed by atoms with Crippen LogP contribution in [0.1, 0.15) is 22.1 Å². The summed E-state index contributed by atoms with van der Waals surface area (Å²) in [5, 5.41) is 5.53. The van der Waals surface area contributed by atoms with Crippen LogP contribution in [0.4, 0.5) is 0 Å². The van der Waals surface area contributed by atoms with E-state index >= 15 is 0 Å². The highest BCUT2D eigenvalue weighted by atomic mass is 32.1. The summed E-state index contributed by atoms with van der Waals surface area (Å²) in [4.78, 5) is 19.9. The van der Waals surface area contributed by atoms with Gasteiger partial charge in [0.15, 0.2) is 11.5 Å². The molecule has 4 rings (SSSR count). The normalized spacial score (nSPS) is 14.9. The Kier molecular flexibility index (Phi) is 7.99. The van der Waals surface area contributed by atoms with Gasteiger partial charge in [-0.05, 0) is 29.8 Å². The highest BCUT2D eigenvalue weighted by molar-refractivity contribution is 7.13. The predicted octanol–water partition coefficient (Wildman–Crippen LogP) is 3.64. The molecule has 8 nitrogen and oxygen atoms in total. The summed E-state index contributed by atoms with van der Waals surface area (Å²) in [7, 11) is 4.83. The number of carbonyl (C=O) groups excluding carboxylic acids is 1. The molecule has 0 spiro atoms. The molecule has 1 aromatic heterocycles. The molecule has 9 heteroatoms. The Labute approximate surface area is 203 Å². The topological polar surface area (TPSA) is 82.2 Å². The van der Waals surface area contributed by atoms with Crippen LogP contribution < -0.4 is 19.5 Å². The second-order valence-corrected chi connectivity index (χ2v) is 8.58. The summed E-state index contributed by atoms with van der Waals surface area (Å²) in [6.07, 6.45) is 0. The lowest BCUT2D eigenvalue weighted by atomic mass is 10.0. The van der Waals surface area contributed by atoms with E-state index in [1.54, 1.807) is 26.7 Å². The molecule has 34 heavy (non-hydrogen) atoms. The Morgan fingerprint density at radius 1 is 1.09 bits per heavy atom. The molecule has 3 aromatic rings. The van der Waals surface area contributed by atoms with Crippen molar-refractivity contribution in [2.45, 2.75) is 6.04 Å². The molecule has 1 fully saturated rings. The van der Waals surface area contributed by atoms with Gasteiger partial charge in [0.1, 0.15) is 16.5 Å². The molecule has 1 amide bonds. The minimum absolute atomic E-state index is 0.0235. The number of aromatic nitrogens is 1. The Morgan fingerprint density at radius 2 is 1.85 bits per heavy atom. The smallest absolute Gasteiger partial charge is 0.270 e. The van der Waals surface area contributed by atoms with E-state index in [1.807, 2.05) is 42.5 Å². The second kappa shape index (κ2) is 11.3. The van der Waals surface area contributed by atoms with Gasteiger partial charge in [0.05, 0.1) is 46.1 Å². The Bertz CT molecular complexity index is 1100. The molecule has 2 heterocycles. The van der Waals surface area contributed by atoms with Crippen LogP contribution in [-0.2, 0) is 4.74 Å². The van der Waals surface area contributed by atoms with Crippen LogP contribution in [0.25, 0.3) is 10.6 Å². The molecule has 0 bridgehead atoms. The van der Waals surface area contributed by atoms with Crippen molar-refractivity contribution in [2.75, 3.05) is 54.2 Å². The molecule has 1 aliphatic rings. The number of benzene rings is 2. The Hall–Kier alpha value is -3.14. The molecule has 1 saturated heterocycles. The maximum absolute atomic E-state index is 13.0. The van der Waals surface area contributed by atoms with E-state index < -0.39 is 0 Å². The zero-order valence-electron chi connectivity index (χ0n) is 19.6. The SMILES string of the molecule is COc1ccc(C(CNC(=O)c2csc(-c3cccc(OC)c3OC)n2)N2CCOCC2)cc1. The molecule has 180 valence electrons. The molecule has 1 unspecified atom stereocenters. The molecule has 0 saturated carbocycles. The average Bonchev–Trinajstić information content (AvgIpc) is 3.39. The number of carbonyl (C=O) groups is 1. The lowest BCUT2D eigenvalue weighted by Gasteiger charge is -2.35. The van der Waals surface area contributed by atoms with Gasteiger partial charge in [0.2, 0.25) is 0 Å². The molecule has 1 atom stereocenters. The van der Waals surface area contributed by atoms with Crippen LogP contribution in [0.15, 0.2) is 47.8 Å². The molecule has 0 aliphatic carbocycles. The first-order valence-electron chi connectivity index (χ1n) is 11.1. The van der Waals surface area contributed by atoms with Crippen molar-refractivity contribution >= 4 is 17.2 Å². The maximum Gasteiger partial charge on any atom is 0.270 e. The minimum atomic E-state index is -0.212. The van der Waals surface area contributed by atoms with Crippen molar-refractivity contribution in [1.29, 1.82) is 0 Å². The summed E-state index contributed by atoms with van der Waals surface area (Å²) >= 11 is 1.39. The van der Waals surface area contributed by atoms with Gasteiger partial charge in [-0.1, -0.05) is 18.2 Å². The summed E-state index contributed by atoms with van der Waals surface area (Å²) in [6.45, 7) is 3.43. The maximum atomic E-state index is 13.0. The Morgan fingerprint density at radius 3 is 2.53 bits per heavy atom. The highest BCUT2D eigenvalue weighted by Gasteiger charge is 2.24. The summed E-state index contributed by atoms with van der Waals surface area (Å²) in [5.41, 5.74) is 2.28. The lowest BCUT2D eigenvalue weighted by Crippen LogP contribution is -2.43. The number of para-hydroxylation sites is 1. The average molecular weight is 484 g/mol. The molecule has 2 aromatic carbocycles. The van der Waals surface area contributed by atoms with E-state index in [4.69, 9.17) is 18.9 Å². The number of hydrogen-bond donors (Lipinski definition) is 1. The fourth-order valence-electron chi connectivity index (χ4n) is 4.01. The van der Waals surface area contributed by atoms with Crippen molar-refractivity contribution in [3.63, 3.8) is 0 Å². The summed E-state index contributed by atoms with van der Waals surface area (Å²) in [6, 6.07) is 13.6. The number of thiazole rings is 1. The number of methoxy groups -OCH3 is 3. The third kappa shape index (κ3) is 5.32. The van der Waals surface area contributed by atoms with Gasteiger partial charge in [-0.25, -0.2) is 4.98 Å². The second-order valence-electron chi connectivity index (χ2n) is 7.73. The van der Waals surface area contributed by atoms with Crippen molar-refractivity contribution in [3.8, 4) is 27.8 Å². The van der Waals surface area contributed by atoms with Crippen molar-refractivity contribution in [2.24, 2.45) is 0 Å². The zero-order chi connectivity index (χ0) is 23.9. The largest absolute Gasteiger partial charge is 0.497 e. The van der Waals surface area contributed by atoms with Crippen LogP contribution in [-0.4, -0.2) is 70.0 Å². The van der Waals surface area contributed by atoms with Gasteiger partial charge < -0.3 is 24.3 Å². The van der Waals surface area contributed by atoms with Gasteiger partial charge in [0, 0.05) is 25.0 Å². The summed E-state index contributed by atoms with van der Waals surface area (Å²) in [5.74, 6) is 1.81. The molecular weight excluding hydrogens is 454 g/mol. The fraction of sp³-hybridized carbons (Fsp3) is 0.360. The van der Waals surface area contributed by atoms with Crippen LogP contribution in [0, 0.1) is 0 Å². The first-order valence-corrected chi connectivity index (χ1v) is 11.9. The van der Waals surface area contributed by atoms with E-state index in [9.17, 15) is 4.79 Å². The number of ether oxygens (including phenoxy) is 4. The standard InChI is InChI=1S/C25H29N3O5S/c1-30-18-9-7-17(8-10-18)21(28-11-13-33-14-12-28)15-26-24(29)20-16-34-25(27-20)19-5-4-6-22(31-2)23(19)32-3/h4-10,16,21H,11-15H2,1-3H3,(H,26,29). The van der Waals surface area contributed by atoms with E-state index in [2.05, 4.69) is 15.2 Å². The number of morpholine rings is 1. The minimum Gasteiger partial charge on any atom is -0.497 e. The lowest BCUT2D eigenvalue weighted by molar-refractivity contribution is 0.0162. The Balaban J connectivity index is 1.49. The first-order chi connectivity index (χ1) is 16.6. The monoisotopic (exact) mass is 483 g/mol. The van der Waals surface area contributed by atoms with E-state index in [1.165, 1.54) is 11.3 Å². The zero-order valence-corrected chi connectivity index (χ0v) is 20.4. The van der Waals surface area contributed by atoms with Gasteiger partial charge in [-0.15, -0.1) is 11.3 Å². The van der Waals surface area contributed by atoms with Gasteiger partial charge in [0.25, 0.3) is 5.91 Å². The number of nitrogens with one attached hydrogen (secondary N) is 1. The van der Waals surface area contributed by atoms with E-state index in [0.717, 1.165) is 30.0 Å². The molecule has 1 N–H and O–H groups in total. The number of hydrogen-bond acceptors (Lipinski definition) is 8. The van der Waals surface area contributed by atoms with Crippen molar-refractivity contribution in [3.05, 3.63) is 59.1 Å². The van der Waals surface area contributed by atoms with Crippen molar-refractivity contribution in [1.82, 2.24) is 15.2 Å². The third-order valence-corrected chi connectivity index (χ3v) is 6.69. The van der Waals surface area contributed by atoms with E-state index in [-0.39, 0.29) is 11.9 Å². The molecule has 0 radical (unpaired) electrons. The highest BCUT2D eigenvalue weighted by Crippen LogP contribution is 2.39. The number of amides is 1. The van der Waals surface area contributed by atoms with Crippen LogP contribution >= 0.6 is 11.3 Å². The first kappa shape index (κ1) is 24.0.